The van der Waals surface area contributed by atoms with Gasteiger partial charge in [-0.15, -0.1) is 0 Å². The van der Waals surface area contributed by atoms with E-state index in [4.69, 9.17) is 4.74 Å². The van der Waals surface area contributed by atoms with Gasteiger partial charge in [0.2, 0.25) is 11.8 Å². The molecule has 1 heterocycles. The van der Waals surface area contributed by atoms with Gasteiger partial charge in [0.05, 0.1) is 12.8 Å². The van der Waals surface area contributed by atoms with Crippen LogP contribution in [0, 0.1) is 5.41 Å². The maximum Gasteiger partial charge on any atom is 0.247 e. The predicted molar refractivity (Wildman–Crippen MR) is 83.6 cm³/mol. The van der Waals surface area contributed by atoms with E-state index >= 15 is 0 Å². The summed E-state index contributed by atoms with van der Waals surface area (Å²) in [6, 6.07) is 6.83. The third kappa shape index (κ3) is 2.58. The second kappa shape index (κ2) is 5.48. The van der Waals surface area contributed by atoms with E-state index in [1.807, 2.05) is 12.1 Å². The van der Waals surface area contributed by atoms with Gasteiger partial charge in [0.1, 0.15) is 11.8 Å². The highest BCUT2D eigenvalue weighted by Gasteiger charge is 2.54. The standard InChI is InChI=1S/C17H20N2O3/c1-3-15(20)19-11-17(8-9-17)10-13(19)16(21)18-12-6-4-5-7-14(12)22-2/h3-7,13H,1,8-11H2,2H3,(H,18,21)/t13-/m0/s1. The van der Waals surface area contributed by atoms with Crippen molar-refractivity contribution in [1.29, 1.82) is 0 Å². The Morgan fingerprint density at radius 1 is 1.41 bits per heavy atom. The van der Waals surface area contributed by atoms with Crippen LogP contribution in [-0.2, 0) is 9.59 Å². The molecule has 116 valence electrons. The number of hydrogen-bond donors (Lipinski definition) is 1. The number of rotatable bonds is 4. The minimum absolute atomic E-state index is 0.154. The Kier molecular flexibility index (Phi) is 3.64. The number of methoxy groups -OCH3 is 1. The van der Waals surface area contributed by atoms with Crippen molar-refractivity contribution in [3.05, 3.63) is 36.9 Å². The molecule has 2 amide bonds. The molecule has 5 nitrogen and oxygen atoms in total. The molecule has 0 radical (unpaired) electrons. The first-order chi connectivity index (χ1) is 10.6. The summed E-state index contributed by atoms with van der Waals surface area (Å²) in [6.45, 7) is 4.19. The zero-order chi connectivity index (χ0) is 15.7. The molecule has 2 aliphatic rings. The number of ether oxygens (including phenoxy) is 1. The zero-order valence-electron chi connectivity index (χ0n) is 12.7. The molecule has 2 fully saturated rings. The number of hydrogen-bond acceptors (Lipinski definition) is 3. The molecular formula is C17H20N2O3. The van der Waals surface area contributed by atoms with Crippen LogP contribution in [0.4, 0.5) is 5.69 Å². The molecule has 22 heavy (non-hydrogen) atoms. The van der Waals surface area contributed by atoms with Crippen LogP contribution in [0.15, 0.2) is 36.9 Å². The summed E-state index contributed by atoms with van der Waals surface area (Å²) in [5.41, 5.74) is 0.777. The van der Waals surface area contributed by atoms with Gasteiger partial charge in [-0.25, -0.2) is 0 Å². The molecule has 1 spiro atoms. The fourth-order valence-electron chi connectivity index (χ4n) is 3.14. The van der Waals surface area contributed by atoms with Gasteiger partial charge in [0.25, 0.3) is 0 Å². The van der Waals surface area contributed by atoms with E-state index in [1.54, 1.807) is 24.1 Å². The fourth-order valence-corrected chi connectivity index (χ4v) is 3.14. The van der Waals surface area contributed by atoms with E-state index < -0.39 is 6.04 Å². The summed E-state index contributed by atoms with van der Waals surface area (Å²) >= 11 is 0. The molecule has 5 heteroatoms. The molecule has 1 aromatic rings. The summed E-state index contributed by atoms with van der Waals surface area (Å²) < 4.78 is 5.25. The van der Waals surface area contributed by atoms with Gasteiger partial charge in [-0.2, -0.15) is 0 Å². The Bertz CT molecular complexity index is 622. The highest BCUT2D eigenvalue weighted by atomic mass is 16.5. The maximum absolute atomic E-state index is 12.6. The largest absolute Gasteiger partial charge is 0.495 e. The summed E-state index contributed by atoms with van der Waals surface area (Å²) in [7, 11) is 1.56. The van der Waals surface area contributed by atoms with E-state index in [-0.39, 0.29) is 17.2 Å². The van der Waals surface area contributed by atoms with Gasteiger partial charge in [-0.3, -0.25) is 9.59 Å². The average Bonchev–Trinajstić information content (AvgIpc) is 3.17. The van der Waals surface area contributed by atoms with Gasteiger partial charge in [0.15, 0.2) is 0 Å². The van der Waals surface area contributed by atoms with E-state index in [1.165, 1.54) is 6.08 Å². The van der Waals surface area contributed by atoms with Crippen LogP contribution in [0.5, 0.6) is 5.75 Å². The second-order valence-corrected chi connectivity index (χ2v) is 6.08. The highest BCUT2D eigenvalue weighted by molar-refractivity contribution is 6.00. The SMILES string of the molecule is C=CC(=O)N1CC2(CC2)C[C@H]1C(=O)Nc1ccccc1OC. The zero-order valence-corrected chi connectivity index (χ0v) is 12.7. The molecule has 0 unspecified atom stereocenters. The Labute approximate surface area is 129 Å². The van der Waals surface area contributed by atoms with Crippen LogP contribution in [0.25, 0.3) is 0 Å². The lowest BCUT2D eigenvalue weighted by atomic mass is 10.0. The van der Waals surface area contributed by atoms with Crippen LogP contribution in [0.1, 0.15) is 19.3 Å². The predicted octanol–water partition coefficient (Wildman–Crippen LogP) is 2.20. The molecule has 3 rings (SSSR count). The first-order valence-electron chi connectivity index (χ1n) is 7.45. The number of likely N-dealkylation sites (tertiary alicyclic amines) is 1. The van der Waals surface area contributed by atoms with Crippen LogP contribution in [-0.4, -0.2) is 36.4 Å². The first kappa shape index (κ1) is 14.6. The Morgan fingerprint density at radius 3 is 2.77 bits per heavy atom. The molecule has 1 N–H and O–H groups in total. The normalized spacial score (nSPS) is 21.5. The van der Waals surface area contributed by atoms with Crippen molar-refractivity contribution < 1.29 is 14.3 Å². The summed E-state index contributed by atoms with van der Waals surface area (Å²) in [6.07, 6.45) is 4.19. The Balaban J connectivity index is 1.78. The van der Waals surface area contributed by atoms with Crippen molar-refractivity contribution in [2.75, 3.05) is 19.0 Å². The number of para-hydroxylation sites is 2. The summed E-state index contributed by atoms with van der Waals surface area (Å²) in [4.78, 5) is 26.3. The van der Waals surface area contributed by atoms with Crippen molar-refractivity contribution in [1.82, 2.24) is 4.90 Å². The lowest BCUT2D eigenvalue weighted by Crippen LogP contribution is -2.42. The Hall–Kier alpha value is -2.30. The van der Waals surface area contributed by atoms with Gasteiger partial charge >= 0.3 is 0 Å². The number of carbonyl (C=O) groups excluding carboxylic acids is 2. The number of nitrogens with zero attached hydrogens (tertiary/aromatic N) is 1. The van der Waals surface area contributed by atoms with Crippen molar-refractivity contribution in [3.63, 3.8) is 0 Å². The number of amides is 2. The van der Waals surface area contributed by atoms with Crippen LogP contribution in [0.3, 0.4) is 0 Å². The number of anilines is 1. The van der Waals surface area contributed by atoms with Crippen LogP contribution >= 0.6 is 0 Å². The van der Waals surface area contributed by atoms with Crippen molar-refractivity contribution in [3.8, 4) is 5.75 Å². The smallest absolute Gasteiger partial charge is 0.247 e. The minimum Gasteiger partial charge on any atom is -0.495 e. The van der Waals surface area contributed by atoms with E-state index in [9.17, 15) is 9.59 Å². The molecule has 1 saturated carbocycles. The third-order valence-electron chi connectivity index (χ3n) is 4.59. The molecular weight excluding hydrogens is 280 g/mol. The monoisotopic (exact) mass is 300 g/mol. The summed E-state index contributed by atoms with van der Waals surface area (Å²) in [5.74, 6) is 0.268. The molecule has 1 aromatic carbocycles. The lowest BCUT2D eigenvalue weighted by molar-refractivity contribution is -0.132. The fraction of sp³-hybridized carbons (Fsp3) is 0.412. The van der Waals surface area contributed by atoms with Crippen molar-refractivity contribution in [2.45, 2.75) is 25.3 Å². The highest BCUT2D eigenvalue weighted by Crippen LogP contribution is 2.55. The molecule has 1 aliphatic carbocycles. The maximum atomic E-state index is 12.6. The van der Waals surface area contributed by atoms with E-state index in [0.29, 0.717) is 18.0 Å². The van der Waals surface area contributed by atoms with Crippen molar-refractivity contribution >= 4 is 17.5 Å². The minimum atomic E-state index is -0.432. The molecule has 0 bridgehead atoms. The van der Waals surface area contributed by atoms with Gasteiger partial charge in [0, 0.05) is 6.54 Å². The molecule has 1 aliphatic heterocycles. The van der Waals surface area contributed by atoms with E-state index in [0.717, 1.165) is 19.3 Å². The number of nitrogens with one attached hydrogen (secondary N) is 1. The number of carbonyl (C=O) groups is 2. The molecule has 1 saturated heterocycles. The average molecular weight is 300 g/mol. The first-order valence-corrected chi connectivity index (χ1v) is 7.45. The third-order valence-corrected chi connectivity index (χ3v) is 4.59. The second-order valence-electron chi connectivity index (χ2n) is 6.08. The van der Waals surface area contributed by atoms with Gasteiger partial charge in [-0.05, 0) is 42.9 Å². The van der Waals surface area contributed by atoms with Crippen LogP contribution < -0.4 is 10.1 Å². The van der Waals surface area contributed by atoms with Crippen LogP contribution in [0.2, 0.25) is 0 Å². The lowest BCUT2D eigenvalue weighted by Gasteiger charge is -2.22. The summed E-state index contributed by atoms with van der Waals surface area (Å²) in [5, 5.41) is 2.89. The van der Waals surface area contributed by atoms with E-state index in [2.05, 4.69) is 11.9 Å². The molecule has 0 aromatic heterocycles. The van der Waals surface area contributed by atoms with Gasteiger partial charge < -0.3 is 15.0 Å². The van der Waals surface area contributed by atoms with Gasteiger partial charge in [-0.1, -0.05) is 18.7 Å². The topological polar surface area (TPSA) is 58.6 Å². The molecule has 1 atom stereocenters. The van der Waals surface area contributed by atoms with Crippen molar-refractivity contribution in [2.24, 2.45) is 5.41 Å². The quantitative estimate of drug-likeness (QED) is 0.867. The number of benzene rings is 1. The Morgan fingerprint density at radius 2 is 2.14 bits per heavy atom.